The van der Waals surface area contributed by atoms with Crippen LogP contribution in [0.4, 0.5) is 0 Å². The molecule has 0 unspecified atom stereocenters. The van der Waals surface area contributed by atoms with Gasteiger partial charge in [0.15, 0.2) is 5.76 Å². The fourth-order valence-corrected chi connectivity index (χ4v) is 1.81. The Balaban J connectivity index is 2.15. The molecule has 4 heteroatoms. The molecule has 18 heavy (non-hydrogen) atoms. The van der Waals surface area contributed by atoms with Crippen LogP contribution in [0.2, 0.25) is 0 Å². The molecular formula is C14H15NO3. The largest absolute Gasteiger partial charge is 0.481 e. The Morgan fingerprint density at radius 2 is 2.06 bits per heavy atom. The summed E-state index contributed by atoms with van der Waals surface area (Å²) < 4.78 is 5.14. The molecule has 2 aromatic rings. The van der Waals surface area contributed by atoms with Crippen molar-refractivity contribution in [3.8, 4) is 11.3 Å². The normalized spacial score (nSPS) is 10.5. The van der Waals surface area contributed by atoms with E-state index in [0.717, 1.165) is 18.4 Å². The molecule has 0 radical (unpaired) electrons. The summed E-state index contributed by atoms with van der Waals surface area (Å²) in [5.74, 6) is -0.303. The molecule has 4 nitrogen and oxygen atoms in total. The monoisotopic (exact) mass is 245 g/mol. The van der Waals surface area contributed by atoms with Crippen molar-refractivity contribution in [3.63, 3.8) is 0 Å². The van der Waals surface area contributed by atoms with Gasteiger partial charge in [-0.25, -0.2) is 0 Å². The number of aryl methyl sites for hydroxylation is 1. The Kier molecular flexibility index (Phi) is 3.77. The predicted molar refractivity (Wildman–Crippen MR) is 67.3 cm³/mol. The lowest BCUT2D eigenvalue weighted by molar-refractivity contribution is -0.136. The zero-order valence-corrected chi connectivity index (χ0v) is 10.2. The van der Waals surface area contributed by atoms with Crippen LogP contribution in [0.5, 0.6) is 0 Å². The number of hydrogen-bond acceptors (Lipinski definition) is 3. The van der Waals surface area contributed by atoms with Gasteiger partial charge < -0.3 is 9.63 Å². The van der Waals surface area contributed by atoms with Gasteiger partial charge in [0.05, 0.1) is 12.1 Å². The zero-order valence-electron chi connectivity index (χ0n) is 10.2. The summed E-state index contributed by atoms with van der Waals surface area (Å²) in [6, 6.07) is 9.71. The maximum absolute atomic E-state index is 10.5. The molecule has 2 rings (SSSR count). The van der Waals surface area contributed by atoms with Gasteiger partial charge in [0.1, 0.15) is 0 Å². The topological polar surface area (TPSA) is 63.3 Å². The summed E-state index contributed by atoms with van der Waals surface area (Å²) in [5.41, 5.74) is 2.64. The third kappa shape index (κ3) is 2.97. The van der Waals surface area contributed by atoms with Gasteiger partial charge in [-0.2, -0.15) is 0 Å². The van der Waals surface area contributed by atoms with E-state index < -0.39 is 5.97 Å². The first-order valence-electron chi connectivity index (χ1n) is 5.95. The van der Waals surface area contributed by atoms with Gasteiger partial charge in [-0.1, -0.05) is 42.8 Å². The molecule has 0 aliphatic heterocycles. The molecule has 1 aromatic heterocycles. The van der Waals surface area contributed by atoms with E-state index >= 15 is 0 Å². The quantitative estimate of drug-likeness (QED) is 0.879. The van der Waals surface area contributed by atoms with Crippen LogP contribution in [0, 0.1) is 0 Å². The smallest absolute Gasteiger partial charge is 0.309 e. The second kappa shape index (κ2) is 5.49. The van der Waals surface area contributed by atoms with Crippen molar-refractivity contribution in [1.82, 2.24) is 5.16 Å². The number of hydrogen-bond donors (Lipinski definition) is 1. The van der Waals surface area contributed by atoms with Crippen LogP contribution in [0.1, 0.15) is 24.6 Å². The van der Waals surface area contributed by atoms with E-state index in [1.165, 1.54) is 5.56 Å². The first kappa shape index (κ1) is 12.4. The Bertz CT molecular complexity index is 528. The van der Waals surface area contributed by atoms with Gasteiger partial charge in [0.25, 0.3) is 0 Å². The van der Waals surface area contributed by atoms with Crippen molar-refractivity contribution in [2.75, 3.05) is 0 Å². The van der Waals surface area contributed by atoms with Crippen molar-refractivity contribution >= 4 is 5.97 Å². The second-order valence-corrected chi connectivity index (χ2v) is 4.20. The van der Waals surface area contributed by atoms with E-state index in [9.17, 15) is 4.79 Å². The molecule has 0 saturated carbocycles. The highest BCUT2D eigenvalue weighted by molar-refractivity contribution is 5.70. The highest BCUT2D eigenvalue weighted by Gasteiger charge is 2.09. The molecule has 0 aliphatic rings. The van der Waals surface area contributed by atoms with Crippen molar-refractivity contribution in [3.05, 3.63) is 41.6 Å². The first-order chi connectivity index (χ1) is 8.69. The maximum atomic E-state index is 10.5. The number of benzene rings is 1. The second-order valence-electron chi connectivity index (χ2n) is 4.20. The minimum Gasteiger partial charge on any atom is -0.481 e. The number of carboxylic acid groups (broad SMARTS) is 1. The number of rotatable bonds is 5. The van der Waals surface area contributed by atoms with E-state index in [-0.39, 0.29) is 6.42 Å². The molecule has 0 spiro atoms. The summed E-state index contributed by atoms with van der Waals surface area (Å²) in [7, 11) is 0. The molecule has 0 amide bonds. The fraction of sp³-hybridized carbons (Fsp3) is 0.286. The van der Waals surface area contributed by atoms with Crippen LogP contribution in [0.15, 0.2) is 34.9 Å². The zero-order chi connectivity index (χ0) is 13.0. The average molecular weight is 245 g/mol. The van der Waals surface area contributed by atoms with Gasteiger partial charge in [-0.3, -0.25) is 4.79 Å². The molecule has 0 saturated heterocycles. The maximum Gasteiger partial charge on any atom is 0.309 e. The fourth-order valence-electron chi connectivity index (χ4n) is 1.81. The van der Waals surface area contributed by atoms with Gasteiger partial charge in [0, 0.05) is 11.6 Å². The summed E-state index contributed by atoms with van der Waals surface area (Å²) in [5, 5.41) is 12.4. The number of nitrogens with zero attached hydrogens (tertiary/aromatic N) is 1. The van der Waals surface area contributed by atoms with E-state index in [0.29, 0.717) is 11.5 Å². The molecule has 94 valence electrons. The van der Waals surface area contributed by atoms with E-state index in [1.54, 1.807) is 6.07 Å². The Hall–Kier alpha value is -2.10. The lowest BCUT2D eigenvalue weighted by Gasteiger charge is -1.99. The number of aliphatic carboxylic acids is 1. The SMILES string of the molecule is CCCc1ccc(-c2cc(CC(=O)O)no2)cc1. The van der Waals surface area contributed by atoms with Crippen LogP contribution in [-0.2, 0) is 17.6 Å². The summed E-state index contributed by atoms with van der Waals surface area (Å²) in [4.78, 5) is 10.5. The lowest BCUT2D eigenvalue weighted by Crippen LogP contribution is -1.99. The van der Waals surface area contributed by atoms with Crippen molar-refractivity contribution in [2.24, 2.45) is 0 Å². The standard InChI is InChI=1S/C14H15NO3/c1-2-3-10-4-6-11(7-5-10)13-8-12(15-18-13)9-14(16)17/h4-8H,2-3,9H2,1H3,(H,16,17). The molecule has 0 bridgehead atoms. The number of carboxylic acids is 1. The summed E-state index contributed by atoms with van der Waals surface area (Å²) in [6.07, 6.45) is 2.06. The first-order valence-corrected chi connectivity index (χ1v) is 5.95. The van der Waals surface area contributed by atoms with Crippen LogP contribution >= 0.6 is 0 Å². The Morgan fingerprint density at radius 1 is 1.33 bits per heavy atom. The minimum absolute atomic E-state index is 0.114. The van der Waals surface area contributed by atoms with Crippen LogP contribution in [0.3, 0.4) is 0 Å². The predicted octanol–water partition coefficient (Wildman–Crippen LogP) is 2.92. The van der Waals surface area contributed by atoms with Crippen LogP contribution in [-0.4, -0.2) is 16.2 Å². The molecule has 0 atom stereocenters. The third-order valence-corrected chi connectivity index (χ3v) is 2.67. The van der Waals surface area contributed by atoms with Crippen LogP contribution < -0.4 is 0 Å². The Morgan fingerprint density at radius 3 is 2.67 bits per heavy atom. The van der Waals surface area contributed by atoms with E-state index in [4.69, 9.17) is 9.63 Å². The highest BCUT2D eigenvalue weighted by Crippen LogP contribution is 2.21. The molecule has 1 heterocycles. The van der Waals surface area contributed by atoms with Crippen molar-refractivity contribution in [1.29, 1.82) is 0 Å². The molecule has 1 aromatic carbocycles. The van der Waals surface area contributed by atoms with E-state index in [2.05, 4.69) is 24.2 Å². The van der Waals surface area contributed by atoms with Gasteiger partial charge in [-0.05, 0) is 12.0 Å². The summed E-state index contributed by atoms with van der Waals surface area (Å²) >= 11 is 0. The van der Waals surface area contributed by atoms with E-state index in [1.807, 2.05) is 12.1 Å². The third-order valence-electron chi connectivity index (χ3n) is 2.67. The van der Waals surface area contributed by atoms with Crippen LogP contribution in [0.25, 0.3) is 11.3 Å². The Labute approximate surface area is 105 Å². The molecule has 0 fully saturated rings. The minimum atomic E-state index is -0.909. The molecule has 0 aliphatic carbocycles. The van der Waals surface area contributed by atoms with Gasteiger partial charge in [-0.15, -0.1) is 0 Å². The molecule has 1 N–H and O–H groups in total. The number of carbonyl (C=O) groups is 1. The average Bonchev–Trinajstić information content (AvgIpc) is 2.78. The number of aromatic nitrogens is 1. The van der Waals surface area contributed by atoms with Gasteiger partial charge >= 0.3 is 5.97 Å². The van der Waals surface area contributed by atoms with Crippen molar-refractivity contribution < 1.29 is 14.4 Å². The van der Waals surface area contributed by atoms with Crippen molar-refractivity contribution in [2.45, 2.75) is 26.2 Å². The highest BCUT2D eigenvalue weighted by atomic mass is 16.5. The molecular weight excluding hydrogens is 230 g/mol. The summed E-state index contributed by atoms with van der Waals surface area (Å²) in [6.45, 7) is 2.14. The lowest BCUT2D eigenvalue weighted by atomic mass is 10.1. The van der Waals surface area contributed by atoms with Gasteiger partial charge in [0.2, 0.25) is 0 Å².